The molecule has 0 bridgehead atoms. The SMILES string of the molecule is Nc1nc2c(ncn2[C@@H]2O[C@H](OCP(=O)(O)O)C[C@@H]2O)c(=O)[nH]1. The molecular weight excluding hydrogens is 333 g/mol. The first-order valence-corrected chi connectivity index (χ1v) is 8.26. The van der Waals surface area contributed by atoms with Gasteiger partial charge in [0, 0.05) is 6.42 Å². The number of aromatic nitrogens is 4. The number of ether oxygens (including phenoxy) is 2. The first-order valence-electron chi connectivity index (χ1n) is 6.46. The molecule has 1 saturated heterocycles. The Morgan fingerprint density at radius 2 is 2.30 bits per heavy atom. The molecule has 126 valence electrons. The number of nitrogens with two attached hydrogens (primary N) is 1. The molecule has 2 aromatic rings. The Morgan fingerprint density at radius 3 is 3.00 bits per heavy atom. The zero-order valence-corrected chi connectivity index (χ0v) is 12.5. The molecule has 1 aliphatic rings. The van der Waals surface area contributed by atoms with E-state index in [2.05, 4.69) is 15.0 Å². The summed E-state index contributed by atoms with van der Waals surface area (Å²) in [5.74, 6) is -0.119. The highest BCUT2D eigenvalue weighted by Crippen LogP contribution is 2.37. The van der Waals surface area contributed by atoms with Crippen LogP contribution in [0, 0.1) is 0 Å². The lowest BCUT2D eigenvalue weighted by molar-refractivity contribution is -0.145. The van der Waals surface area contributed by atoms with Crippen LogP contribution in [0.25, 0.3) is 11.2 Å². The van der Waals surface area contributed by atoms with Crippen LogP contribution >= 0.6 is 7.60 Å². The lowest BCUT2D eigenvalue weighted by atomic mass is 10.2. The predicted molar refractivity (Wildman–Crippen MR) is 75.1 cm³/mol. The van der Waals surface area contributed by atoms with Gasteiger partial charge in [0.15, 0.2) is 30.0 Å². The van der Waals surface area contributed by atoms with Crippen molar-refractivity contribution in [3.63, 3.8) is 0 Å². The van der Waals surface area contributed by atoms with Gasteiger partial charge in [0.25, 0.3) is 5.56 Å². The van der Waals surface area contributed by atoms with Crippen molar-refractivity contribution in [3.05, 3.63) is 16.7 Å². The summed E-state index contributed by atoms with van der Waals surface area (Å²) in [7, 11) is -4.35. The van der Waals surface area contributed by atoms with Crippen LogP contribution in [0.3, 0.4) is 0 Å². The van der Waals surface area contributed by atoms with E-state index in [4.69, 9.17) is 25.0 Å². The fraction of sp³-hybridized carbons (Fsp3) is 0.500. The largest absolute Gasteiger partial charge is 0.388 e. The number of imidazole rings is 1. The van der Waals surface area contributed by atoms with Gasteiger partial charge in [-0.1, -0.05) is 0 Å². The maximum Gasteiger partial charge on any atom is 0.351 e. The predicted octanol–water partition coefficient (Wildman–Crippen LogP) is -1.54. The van der Waals surface area contributed by atoms with Gasteiger partial charge in [-0.15, -0.1) is 0 Å². The Balaban J connectivity index is 1.85. The molecule has 0 spiro atoms. The van der Waals surface area contributed by atoms with E-state index in [-0.39, 0.29) is 23.5 Å². The number of anilines is 1. The van der Waals surface area contributed by atoms with E-state index in [1.165, 1.54) is 10.9 Å². The van der Waals surface area contributed by atoms with Gasteiger partial charge >= 0.3 is 7.60 Å². The third-order valence-electron chi connectivity index (χ3n) is 3.21. The van der Waals surface area contributed by atoms with Crippen LogP contribution < -0.4 is 11.3 Å². The van der Waals surface area contributed by atoms with E-state index < -0.39 is 38.1 Å². The van der Waals surface area contributed by atoms with Crippen LogP contribution in [0.2, 0.25) is 0 Å². The minimum atomic E-state index is -4.35. The molecule has 3 heterocycles. The van der Waals surface area contributed by atoms with Crippen LogP contribution in [-0.2, 0) is 14.0 Å². The standard InChI is InChI=1S/C10H14N5O7P/c11-10-13-7-6(8(17)14-10)12-2-15(7)9-4(16)1-5(22-9)21-3-23(18,19)20/h2,4-5,9,16H,1,3H2,(H2,18,19,20)(H3,11,13,14,17)/t4-,5-,9+/m0/s1. The number of H-pyrrole nitrogens is 1. The van der Waals surface area contributed by atoms with E-state index >= 15 is 0 Å². The molecule has 2 aromatic heterocycles. The van der Waals surface area contributed by atoms with Crippen LogP contribution in [0.5, 0.6) is 0 Å². The number of aliphatic hydroxyl groups is 1. The number of nitrogen functional groups attached to an aromatic ring is 1. The number of rotatable bonds is 4. The summed E-state index contributed by atoms with van der Waals surface area (Å²) in [4.78, 5) is 39.4. The van der Waals surface area contributed by atoms with Crippen LogP contribution in [0.1, 0.15) is 12.6 Å². The lowest BCUT2D eigenvalue weighted by Crippen LogP contribution is -2.20. The third-order valence-corrected chi connectivity index (χ3v) is 3.69. The summed E-state index contributed by atoms with van der Waals surface area (Å²) in [5, 5.41) is 10.1. The van der Waals surface area contributed by atoms with Crippen LogP contribution in [-0.4, -0.2) is 53.2 Å². The second-order valence-electron chi connectivity index (χ2n) is 4.99. The van der Waals surface area contributed by atoms with E-state index in [0.29, 0.717) is 0 Å². The number of hydrogen-bond donors (Lipinski definition) is 5. The fourth-order valence-electron chi connectivity index (χ4n) is 2.28. The minimum absolute atomic E-state index is 0.0109. The van der Waals surface area contributed by atoms with Crippen molar-refractivity contribution >= 4 is 24.7 Å². The maximum atomic E-state index is 11.7. The van der Waals surface area contributed by atoms with Crippen molar-refractivity contribution in [3.8, 4) is 0 Å². The van der Waals surface area contributed by atoms with Gasteiger partial charge in [-0.05, 0) is 0 Å². The summed E-state index contributed by atoms with van der Waals surface area (Å²) < 4.78 is 22.5. The number of hydrogen-bond acceptors (Lipinski definition) is 8. The first kappa shape index (κ1) is 16.1. The molecule has 3 atom stereocenters. The number of fused-ring (bicyclic) bond motifs is 1. The Hall–Kier alpha value is -1.82. The lowest BCUT2D eigenvalue weighted by Gasteiger charge is -2.17. The molecule has 0 radical (unpaired) electrons. The smallest absolute Gasteiger partial charge is 0.351 e. The zero-order valence-electron chi connectivity index (χ0n) is 11.6. The van der Waals surface area contributed by atoms with Crippen molar-refractivity contribution in [2.45, 2.75) is 25.0 Å². The van der Waals surface area contributed by atoms with Crippen molar-refractivity contribution in [2.75, 3.05) is 12.1 Å². The summed E-state index contributed by atoms with van der Waals surface area (Å²) in [5.41, 5.74) is 5.09. The first-order chi connectivity index (χ1) is 10.7. The molecule has 13 heteroatoms. The van der Waals surface area contributed by atoms with Gasteiger partial charge in [-0.25, -0.2) is 4.98 Å². The van der Waals surface area contributed by atoms with E-state index in [0.717, 1.165) is 0 Å². The normalized spacial score (nSPS) is 25.3. The van der Waals surface area contributed by atoms with Crippen LogP contribution in [0.4, 0.5) is 5.95 Å². The molecular formula is C10H14N5O7P. The average molecular weight is 347 g/mol. The highest BCUT2D eigenvalue weighted by molar-refractivity contribution is 7.51. The molecule has 3 rings (SSSR count). The van der Waals surface area contributed by atoms with Crippen molar-refractivity contribution < 1.29 is 28.9 Å². The molecule has 0 aromatic carbocycles. The molecule has 1 aliphatic heterocycles. The Labute approximate surface area is 128 Å². The van der Waals surface area contributed by atoms with Gasteiger partial charge in [-0.3, -0.25) is 18.9 Å². The second kappa shape index (κ2) is 5.67. The number of nitrogens with one attached hydrogen (secondary N) is 1. The van der Waals surface area contributed by atoms with Gasteiger partial charge in [0.05, 0.1) is 6.33 Å². The highest BCUT2D eigenvalue weighted by Gasteiger charge is 2.38. The van der Waals surface area contributed by atoms with Gasteiger partial charge < -0.3 is 30.1 Å². The van der Waals surface area contributed by atoms with Crippen molar-refractivity contribution in [2.24, 2.45) is 0 Å². The van der Waals surface area contributed by atoms with Gasteiger partial charge in [0.1, 0.15) is 6.10 Å². The van der Waals surface area contributed by atoms with Gasteiger partial charge in [-0.2, -0.15) is 4.98 Å². The quantitative estimate of drug-likeness (QED) is 0.406. The minimum Gasteiger partial charge on any atom is -0.388 e. The third kappa shape index (κ3) is 3.27. The van der Waals surface area contributed by atoms with Crippen molar-refractivity contribution in [1.29, 1.82) is 0 Å². The fourth-order valence-corrected chi connectivity index (χ4v) is 2.64. The topological polar surface area (TPSA) is 186 Å². The Kier molecular flexibility index (Phi) is 3.96. The molecule has 6 N–H and O–H groups in total. The maximum absolute atomic E-state index is 11.7. The monoisotopic (exact) mass is 347 g/mol. The van der Waals surface area contributed by atoms with E-state index in [1.54, 1.807) is 0 Å². The number of nitrogens with zero attached hydrogens (tertiary/aromatic N) is 3. The molecule has 0 unspecified atom stereocenters. The van der Waals surface area contributed by atoms with Crippen molar-refractivity contribution in [1.82, 2.24) is 19.5 Å². The second-order valence-corrected chi connectivity index (χ2v) is 6.58. The van der Waals surface area contributed by atoms with E-state index in [1.807, 2.05) is 0 Å². The Morgan fingerprint density at radius 1 is 1.57 bits per heavy atom. The highest BCUT2D eigenvalue weighted by atomic mass is 31.2. The number of aliphatic hydroxyl groups excluding tert-OH is 1. The average Bonchev–Trinajstić information content (AvgIpc) is 2.99. The number of aromatic amines is 1. The summed E-state index contributed by atoms with van der Waals surface area (Å²) in [6, 6.07) is 0. The van der Waals surface area contributed by atoms with Crippen LogP contribution in [0.15, 0.2) is 11.1 Å². The van der Waals surface area contributed by atoms with E-state index in [9.17, 15) is 14.5 Å². The summed E-state index contributed by atoms with van der Waals surface area (Å²) in [6.07, 6.45) is -2.62. The summed E-state index contributed by atoms with van der Waals surface area (Å²) in [6.45, 7) is 0. The molecule has 23 heavy (non-hydrogen) atoms. The zero-order chi connectivity index (χ0) is 16.8. The molecule has 0 aliphatic carbocycles. The Bertz CT molecular complexity index is 829. The van der Waals surface area contributed by atoms with Gasteiger partial charge in [0.2, 0.25) is 5.95 Å². The molecule has 0 amide bonds. The molecule has 0 saturated carbocycles. The summed E-state index contributed by atoms with van der Waals surface area (Å²) >= 11 is 0. The molecule has 12 nitrogen and oxygen atoms in total. The molecule has 1 fully saturated rings.